The molecule has 6 heteroatoms. The predicted octanol–water partition coefficient (Wildman–Crippen LogP) is 4.60. The Kier molecular flexibility index (Phi) is 8.56. The third kappa shape index (κ3) is 7.16. The van der Waals surface area contributed by atoms with Gasteiger partial charge in [0.1, 0.15) is 12.3 Å². The highest BCUT2D eigenvalue weighted by molar-refractivity contribution is 5.84. The van der Waals surface area contributed by atoms with E-state index < -0.39 is 0 Å². The van der Waals surface area contributed by atoms with Crippen molar-refractivity contribution in [3.8, 4) is 0 Å². The standard InChI is InChI=1S/C25H35N3O3/c1-20(2)28(25(30)26-22-12-7-4-8-13-22)19-24(29)27(18-23-14-9-17-31-23)16-15-21-10-5-3-6-11-21/h3,5-6,9-11,14,17,20,22H,4,7-8,12-13,15-16,18-19H2,1-2H3,(H,26,30). The molecule has 1 heterocycles. The third-order valence-electron chi connectivity index (χ3n) is 5.92. The molecule has 3 amide bonds. The average Bonchev–Trinajstić information content (AvgIpc) is 3.29. The van der Waals surface area contributed by atoms with Crippen molar-refractivity contribution in [2.75, 3.05) is 13.1 Å². The number of carbonyl (C=O) groups excluding carboxylic acids is 2. The van der Waals surface area contributed by atoms with Crippen molar-refractivity contribution in [3.05, 3.63) is 60.1 Å². The van der Waals surface area contributed by atoms with Crippen LogP contribution in [0.1, 0.15) is 57.3 Å². The van der Waals surface area contributed by atoms with Gasteiger partial charge in [-0.05, 0) is 50.8 Å². The van der Waals surface area contributed by atoms with Gasteiger partial charge in [0.15, 0.2) is 0 Å². The van der Waals surface area contributed by atoms with E-state index in [1.807, 2.05) is 44.2 Å². The monoisotopic (exact) mass is 425 g/mol. The molecule has 0 spiro atoms. The summed E-state index contributed by atoms with van der Waals surface area (Å²) in [5.41, 5.74) is 1.18. The normalized spacial score (nSPS) is 14.4. The molecule has 1 fully saturated rings. The zero-order chi connectivity index (χ0) is 22.1. The van der Waals surface area contributed by atoms with Crippen LogP contribution in [-0.2, 0) is 17.8 Å². The molecule has 31 heavy (non-hydrogen) atoms. The van der Waals surface area contributed by atoms with Crippen LogP contribution in [0.25, 0.3) is 0 Å². The lowest BCUT2D eigenvalue weighted by Gasteiger charge is -2.32. The van der Waals surface area contributed by atoms with E-state index in [9.17, 15) is 9.59 Å². The Morgan fingerprint density at radius 3 is 2.45 bits per heavy atom. The number of nitrogens with one attached hydrogen (secondary N) is 1. The molecular weight excluding hydrogens is 390 g/mol. The minimum atomic E-state index is -0.142. The van der Waals surface area contributed by atoms with E-state index in [0.29, 0.717) is 13.1 Å². The van der Waals surface area contributed by atoms with Crippen molar-refractivity contribution in [1.29, 1.82) is 0 Å². The van der Waals surface area contributed by atoms with Crippen molar-refractivity contribution >= 4 is 11.9 Å². The van der Waals surface area contributed by atoms with Crippen molar-refractivity contribution in [2.45, 2.75) is 71.0 Å². The number of urea groups is 1. The quantitative estimate of drug-likeness (QED) is 0.638. The first kappa shape index (κ1) is 22.9. The van der Waals surface area contributed by atoms with Gasteiger partial charge in [-0.15, -0.1) is 0 Å². The summed E-state index contributed by atoms with van der Waals surface area (Å²) in [5, 5.41) is 3.15. The predicted molar refractivity (Wildman–Crippen MR) is 122 cm³/mol. The van der Waals surface area contributed by atoms with E-state index in [-0.39, 0.29) is 30.6 Å². The van der Waals surface area contributed by atoms with E-state index in [4.69, 9.17) is 4.42 Å². The summed E-state index contributed by atoms with van der Waals surface area (Å²) in [4.78, 5) is 29.6. The van der Waals surface area contributed by atoms with E-state index in [0.717, 1.165) is 37.9 Å². The highest BCUT2D eigenvalue weighted by atomic mass is 16.3. The van der Waals surface area contributed by atoms with Crippen LogP contribution in [0, 0.1) is 0 Å². The summed E-state index contributed by atoms with van der Waals surface area (Å²) < 4.78 is 5.48. The summed E-state index contributed by atoms with van der Waals surface area (Å²) in [6, 6.07) is 13.8. The summed E-state index contributed by atoms with van der Waals surface area (Å²) in [6.45, 7) is 4.93. The van der Waals surface area contributed by atoms with Crippen LogP contribution in [0.2, 0.25) is 0 Å². The first-order valence-corrected chi connectivity index (χ1v) is 11.4. The Hall–Kier alpha value is -2.76. The lowest BCUT2D eigenvalue weighted by atomic mass is 9.96. The number of hydrogen-bond acceptors (Lipinski definition) is 3. The fourth-order valence-corrected chi connectivity index (χ4v) is 4.03. The van der Waals surface area contributed by atoms with Crippen LogP contribution >= 0.6 is 0 Å². The maximum absolute atomic E-state index is 13.3. The second-order valence-corrected chi connectivity index (χ2v) is 8.64. The molecule has 1 aliphatic rings. The Morgan fingerprint density at radius 1 is 1.06 bits per heavy atom. The molecule has 0 bridgehead atoms. The number of furan rings is 1. The largest absolute Gasteiger partial charge is 0.467 e. The summed E-state index contributed by atoms with van der Waals surface area (Å²) in [7, 11) is 0. The van der Waals surface area contributed by atoms with Crippen LogP contribution in [0.15, 0.2) is 53.1 Å². The lowest BCUT2D eigenvalue weighted by Crippen LogP contribution is -2.52. The SMILES string of the molecule is CC(C)N(CC(=O)N(CCc1ccccc1)Cc1ccco1)C(=O)NC1CCCCC1. The van der Waals surface area contributed by atoms with E-state index in [1.54, 1.807) is 16.1 Å². The molecule has 0 unspecified atom stereocenters. The molecule has 6 nitrogen and oxygen atoms in total. The smallest absolute Gasteiger partial charge is 0.318 e. The second kappa shape index (κ2) is 11.6. The van der Waals surface area contributed by atoms with Crippen LogP contribution in [-0.4, -0.2) is 46.9 Å². The molecule has 1 aliphatic carbocycles. The molecule has 0 radical (unpaired) electrons. The van der Waals surface area contributed by atoms with Crippen LogP contribution in [0.4, 0.5) is 4.79 Å². The van der Waals surface area contributed by atoms with Crippen molar-refractivity contribution in [2.24, 2.45) is 0 Å². The first-order valence-electron chi connectivity index (χ1n) is 11.4. The molecule has 1 N–H and O–H groups in total. The minimum Gasteiger partial charge on any atom is -0.467 e. The highest BCUT2D eigenvalue weighted by Crippen LogP contribution is 2.18. The van der Waals surface area contributed by atoms with Gasteiger partial charge in [0.05, 0.1) is 12.8 Å². The van der Waals surface area contributed by atoms with E-state index in [1.165, 1.54) is 12.0 Å². The van der Waals surface area contributed by atoms with Gasteiger partial charge in [0.25, 0.3) is 0 Å². The molecule has 2 aromatic rings. The third-order valence-corrected chi connectivity index (χ3v) is 5.92. The van der Waals surface area contributed by atoms with E-state index in [2.05, 4.69) is 17.4 Å². The number of hydrogen-bond donors (Lipinski definition) is 1. The molecule has 3 rings (SSSR count). The second-order valence-electron chi connectivity index (χ2n) is 8.64. The molecule has 0 atom stereocenters. The number of rotatable bonds is 9. The number of nitrogens with zero attached hydrogens (tertiary/aromatic N) is 2. The Labute approximate surface area is 185 Å². The Balaban J connectivity index is 1.64. The topological polar surface area (TPSA) is 65.8 Å². The molecule has 1 saturated carbocycles. The maximum atomic E-state index is 13.3. The van der Waals surface area contributed by atoms with E-state index >= 15 is 0 Å². The molecule has 168 valence electrons. The van der Waals surface area contributed by atoms with Gasteiger partial charge in [-0.25, -0.2) is 4.79 Å². The van der Waals surface area contributed by atoms with Crippen molar-refractivity contribution in [1.82, 2.24) is 15.1 Å². The van der Waals surface area contributed by atoms with Crippen LogP contribution in [0.3, 0.4) is 0 Å². The minimum absolute atomic E-state index is 0.0612. The maximum Gasteiger partial charge on any atom is 0.318 e. The number of carbonyl (C=O) groups is 2. The first-order chi connectivity index (χ1) is 15.0. The van der Waals surface area contributed by atoms with Crippen molar-refractivity contribution < 1.29 is 14.0 Å². The van der Waals surface area contributed by atoms with Crippen molar-refractivity contribution in [3.63, 3.8) is 0 Å². The molecule has 1 aromatic heterocycles. The average molecular weight is 426 g/mol. The fraction of sp³-hybridized carbons (Fsp3) is 0.520. The summed E-state index contributed by atoms with van der Waals surface area (Å²) in [6.07, 6.45) is 7.96. The zero-order valence-corrected chi connectivity index (χ0v) is 18.8. The van der Waals surface area contributed by atoms with Gasteiger partial charge in [-0.2, -0.15) is 0 Å². The molecular formula is C25H35N3O3. The highest BCUT2D eigenvalue weighted by Gasteiger charge is 2.26. The van der Waals surface area contributed by atoms with Gasteiger partial charge in [-0.1, -0.05) is 49.6 Å². The lowest BCUT2D eigenvalue weighted by molar-refractivity contribution is -0.133. The molecule has 1 aromatic carbocycles. The summed E-state index contributed by atoms with van der Waals surface area (Å²) in [5.74, 6) is 0.670. The molecule has 0 aliphatic heterocycles. The Morgan fingerprint density at radius 2 is 1.81 bits per heavy atom. The van der Waals surface area contributed by atoms with Gasteiger partial charge in [0, 0.05) is 18.6 Å². The fourth-order valence-electron chi connectivity index (χ4n) is 4.03. The van der Waals surface area contributed by atoms with Gasteiger partial charge in [0.2, 0.25) is 5.91 Å². The Bertz CT molecular complexity index is 799. The zero-order valence-electron chi connectivity index (χ0n) is 18.8. The van der Waals surface area contributed by atoms with Gasteiger partial charge >= 0.3 is 6.03 Å². The van der Waals surface area contributed by atoms with Crippen LogP contribution in [0.5, 0.6) is 0 Å². The number of benzene rings is 1. The number of amides is 3. The van der Waals surface area contributed by atoms with Gasteiger partial charge < -0.3 is 19.5 Å². The van der Waals surface area contributed by atoms with Gasteiger partial charge in [-0.3, -0.25) is 4.79 Å². The molecule has 0 saturated heterocycles. The summed E-state index contributed by atoms with van der Waals surface area (Å²) >= 11 is 0. The van der Waals surface area contributed by atoms with Crippen LogP contribution < -0.4 is 5.32 Å².